The highest BCUT2D eigenvalue weighted by Gasteiger charge is 2.21. The molecule has 1 aliphatic rings. The molecular weight excluding hydrogens is 473 g/mol. The molecule has 3 aromatic heterocycles. The number of aryl methyl sites for hydroxylation is 2. The number of carbonyl (C=O) groups is 1. The number of rotatable bonds is 1. The van der Waals surface area contributed by atoms with Crippen LogP contribution in [0.15, 0.2) is 36.5 Å². The van der Waals surface area contributed by atoms with Gasteiger partial charge in [-0.3, -0.25) is 19.8 Å². The standard InChI is InChI=1S/C26H32N7O2P/c1-16-7-6-10-27-24-20(14-28-32(24)3)22-12-18(11-17(2)29-22)25(34)31-26-30-21-9-8-19(36(4,5)35)13-23(21)33(26)15-16/h8-9,11-14,16,27H,6-7,10,15H2,1-5H3,(H,30,31,34). The van der Waals surface area contributed by atoms with E-state index in [-0.39, 0.29) is 5.91 Å². The minimum Gasteiger partial charge on any atom is -0.370 e. The van der Waals surface area contributed by atoms with Crippen LogP contribution in [0.5, 0.6) is 0 Å². The van der Waals surface area contributed by atoms with E-state index in [0.717, 1.165) is 52.8 Å². The first-order valence-electron chi connectivity index (χ1n) is 12.2. The first kappa shape index (κ1) is 24.3. The molecule has 4 heterocycles. The van der Waals surface area contributed by atoms with Crippen molar-refractivity contribution in [3.05, 3.63) is 47.8 Å². The molecule has 0 spiro atoms. The molecule has 0 aliphatic carbocycles. The Kier molecular flexibility index (Phi) is 6.20. The van der Waals surface area contributed by atoms with Gasteiger partial charge in [0.1, 0.15) is 13.0 Å². The third kappa shape index (κ3) is 4.67. The van der Waals surface area contributed by atoms with Crippen LogP contribution in [0.4, 0.5) is 11.8 Å². The average molecular weight is 506 g/mol. The lowest BCUT2D eigenvalue weighted by atomic mass is 10.1. The summed E-state index contributed by atoms with van der Waals surface area (Å²) in [5, 5.41) is 11.8. The Morgan fingerprint density at radius 3 is 2.72 bits per heavy atom. The fourth-order valence-electron chi connectivity index (χ4n) is 4.73. The van der Waals surface area contributed by atoms with Gasteiger partial charge < -0.3 is 14.4 Å². The van der Waals surface area contributed by atoms with Crippen molar-refractivity contribution in [3.8, 4) is 11.3 Å². The van der Waals surface area contributed by atoms with E-state index in [1.54, 1.807) is 36.3 Å². The Balaban J connectivity index is 1.63. The molecule has 5 rings (SSSR count). The molecule has 0 fully saturated rings. The van der Waals surface area contributed by atoms with Crippen LogP contribution in [-0.4, -0.2) is 50.1 Å². The molecule has 188 valence electrons. The van der Waals surface area contributed by atoms with Crippen LogP contribution in [0.3, 0.4) is 0 Å². The molecule has 1 aromatic carbocycles. The predicted molar refractivity (Wildman–Crippen MR) is 145 cm³/mol. The van der Waals surface area contributed by atoms with Gasteiger partial charge >= 0.3 is 0 Å². The highest BCUT2D eigenvalue weighted by molar-refractivity contribution is 7.70. The number of amides is 1. The SMILES string of the molecule is Cc1cc2cc(n1)-c1cnn(C)c1NCCCC(C)Cn1c(nc3ccc(P(C)(C)=O)cc31)NC2=O. The number of imidazole rings is 1. The largest absolute Gasteiger partial charge is 0.370 e. The maximum atomic E-state index is 13.5. The highest BCUT2D eigenvalue weighted by Crippen LogP contribution is 2.36. The van der Waals surface area contributed by atoms with Gasteiger partial charge in [0, 0.05) is 36.7 Å². The normalized spacial score (nSPS) is 16.9. The minimum absolute atomic E-state index is 0.254. The number of nitrogens with one attached hydrogen (secondary N) is 2. The first-order valence-corrected chi connectivity index (χ1v) is 14.8. The number of benzene rings is 1. The molecule has 9 nitrogen and oxygen atoms in total. The van der Waals surface area contributed by atoms with E-state index < -0.39 is 7.14 Å². The van der Waals surface area contributed by atoms with Crippen LogP contribution in [0.25, 0.3) is 22.3 Å². The van der Waals surface area contributed by atoms with Gasteiger partial charge in [-0.05, 0) is 69.3 Å². The molecule has 10 heteroatoms. The van der Waals surface area contributed by atoms with Crippen molar-refractivity contribution in [2.24, 2.45) is 13.0 Å². The number of hydrogen-bond donors (Lipinski definition) is 2. The first-order chi connectivity index (χ1) is 17.1. The van der Waals surface area contributed by atoms with Crippen molar-refractivity contribution in [1.82, 2.24) is 24.3 Å². The lowest BCUT2D eigenvalue weighted by Crippen LogP contribution is -2.18. The fraction of sp³-hybridized carbons (Fsp3) is 0.385. The number of fused-ring (bicyclic) bond motifs is 7. The van der Waals surface area contributed by atoms with E-state index in [1.807, 2.05) is 32.2 Å². The number of hydrogen-bond acceptors (Lipinski definition) is 6. The van der Waals surface area contributed by atoms with Crippen LogP contribution in [0.1, 0.15) is 35.8 Å². The zero-order valence-corrected chi connectivity index (χ0v) is 22.3. The summed E-state index contributed by atoms with van der Waals surface area (Å²) in [7, 11) is -0.547. The molecule has 1 aliphatic heterocycles. The van der Waals surface area contributed by atoms with E-state index in [9.17, 15) is 9.36 Å². The second kappa shape index (κ2) is 9.21. The third-order valence-electron chi connectivity index (χ3n) is 6.67. The summed E-state index contributed by atoms with van der Waals surface area (Å²) in [6, 6.07) is 9.29. The molecule has 4 aromatic rings. The van der Waals surface area contributed by atoms with Gasteiger partial charge in [-0.15, -0.1) is 0 Å². The van der Waals surface area contributed by atoms with Gasteiger partial charge in [-0.2, -0.15) is 5.10 Å². The van der Waals surface area contributed by atoms with Gasteiger partial charge in [0.25, 0.3) is 5.91 Å². The molecule has 2 N–H and O–H groups in total. The minimum atomic E-state index is -2.45. The Labute approximate surface area is 210 Å². The van der Waals surface area contributed by atoms with Crippen LogP contribution in [0, 0.1) is 12.8 Å². The Morgan fingerprint density at radius 1 is 1.14 bits per heavy atom. The molecule has 1 unspecified atom stereocenters. The second-order valence-electron chi connectivity index (χ2n) is 10.1. The average Bonchev–Trinajstić information content (AvgIpc) is 3.34. The van der Waals surface area contributed by atoms with Crippen LogP contribution in [-0.2, 0) is 18.2 Å². The van der Waals surface area contributed by atoms with Crippen LogP contribution in [0.2, 0.25) is 0 Å². The molecule has 0 radical (unpaired) electrons. The molecule has 1 atom stereocenters. The van der Waals surface area contributed by atoms with Crippen molar-refractivity contribution in [1.29, 1.82) is 0 Å². The number of carbonyl (C=O) groups excluding carboxylic acids is 1. The number of pyridine rings is 1. The highest BCUT2D eigenvalue weighted by atomic mass is 31.2. The van der Waals surface area contributed by atoms with Crippen molar-refractivity contribution >= 4 is 41.2 Å². The monoisotopic (exact) mass is 505 g/mol. The van der Waals surface area contributed by atoms with Gasteiger partial charge in [-0.1, -0.05) is 6.92 Å². The van der Waals surface area contributed by atoms with E-state index in [0.29, 0.717) is 29.7 Å². The van der Waals surface area contributed by atoms with Crippen molar-refractivity contribution in [2.45, 2.75) is 33.2 Å². The molecule has 1 amide bonds. The fourth-order valence-corrected chi connectivity index (χ4v) is 5.60. The van der Waals surface area contributed by atoms with E-state index >= 15 is 0 Å². The summed E-state index contributed by atoms with van der Waals surface area (Å²) in [6.45, 7) is 9.10. The molecule has 0 saturated carbocycles. The number of anilines is 2. The number of nitrogens with zero attached hydrogens (tertiary/aromatic N) is 5. The van der Waals surface area contributed by atoms with Crippen LogP contribution < -0.4 is 15.9 Å². The molecule has 0 saturated heterocycles. The van der Waals surface area contributed by atoms with Crippen molar-refractivity contribution in [2.75, 3.05) is 30.5 Å². The molecular formula is C26H32N7O2P. The third-order valence-corrected chi connectivity index (χ3v) is 8.19. The number of aromatic nitrogens is 5. The second-order valence-corrected chi connectivity index (χ2v) is 13.3. The maximum absolute atomic E-state index is 13.5. The van der Waals surface area contributed by atoms with Gasteiger partial charge in [0.2, 0.25) is 5.95 Å². The van der Waals surface area contributed by atoms with E-state index in [4.69, 9.17) is 4.98 Å². The Bertz CT molecular complexity index is 1510. The summed E-state index contributed by atoms with van der Waals surface area (Å²) in [4.78, 5) is 22.9. The quantitative estimate of drug-likeness (QED) is 0.370. The smallest absolute Gasteiger partial charge is 0.258 e. The summed E-state index contributed by atoms with van der Waals surface area (Å²) in [6.07, 6.45) is 3.73. The Hall–Kier alpha value is -3.45. The lowest BCUT2D eigenvalue weighted by molar-refractivity contribution is 0.102. The summed E-state index contributed by atoms with van der Waals surface area (Å²) >= 11 is 0. The van der Waals surface area contributed by atoms with Crippen molar-refractivity contribution < 1.29 is 9.36 Å². The topological polar surface area (TPSA) is 107 Å². The molecule has 2 bridgehead atoms. The van der Waals surface area contributed by atoms with Gasteiger partial charge in [-0.25, -0.2) is 4.98 Å². The summed E-state index contributed by atoms with van der Waals surface area (Å²) in [5.74, 6) is 1.46. The lowest BCUT2D eigenvalue weighted by Gasteiger charge is -2.16. The Morgan fingerprint density at radius 2 is 1.94 bits per heavy atom. The zero-order valence-electron chi connectivity index (χ0n) is 21.4. The zero-order chi connectivity index (χ0) is 25.6. The van der Waals surface area contributed by atoms with E-state index in [1.165, 1.54) is 0 Å². The summed E-state index contributed by atoms with van der Waals surface area (Å²) < 4.78 is 16.6. The van der Waals surface area contributed by atoms with E-state index in [2.05, 4.69) is 32.2 Å². The summed E-state index contributed by atoms with van der Waals surface area (Å²) in [5.41, 5.74) is 4.45. The van der Waals surface area contributed by atoms with Gasteiger partial charge in [0.05, 0.1) is 28.5 Å². The van der Waals surface area contributed by atoms with Crippen LogP contribution >= 0.6 is 7.14 Å². The van der Waals surface area contributed by atoms with Gasteiger partial charge in [0.15, 0.2) is 0 Å². The maximum Gasteiger partial charge on any atom is 0.258 e. The predicted octanol–water partition coefficient (Wildman–Crippen LogP) is 4.48. The molecule has 36 heavy (non-hydrogen) atoms. The van der Waals surface area contributed by atoms with Crippen molar-refractivity contribution in [3.63, 3.8) is 0 Å².